The lowest BCUT2D eigenvalue weighted by Gasteiger charge is -1.94. The highest BCUT2D eigenvalue weighted by molar-refractivity contribution is 5.38. The van der Waals surface area contributed by atoms with E-state index in [9.17, 15) is 0 Å². The summed E-state index contributed by atoms with van der Waals surface area (Å²) < 4.78 is 0. The molecule has 1 aromatic carbocycles. The van der Waals surface area contributed by atoms with Crippen molar-refractivity contribution >= 4 is 5.69 Å². The predicted molar refractivity (Wildman–Crippen MR) is 44.6 cm³/mol. The molecule has 1 aromatic rings. The van der Waals surface area contributed by atoms with E-state index in [-0.39, 0.29) is 0 Å². The Morgan fingerprint density at radius 2 is 2.00 bits per heavy atom. The molecule has 0 unspecified atom stereocenters. The van der Waals surface area contributed by atoms with E-state index in [1.165, 1.54) is 5.56 Å². The zero-order valence-corrected chi connectivity index (χ0v) is 6.36. The molecule has 3 heteroatoms. The largest absolute Gasteiger partial charge is 0.0613 e. The van der Waals surface area contributed by atoms with Crippen LogP contribution in [0.1, 0.15) is 12.5 Å². The van der Waals surface area contributed by atoms with Crippen molar-refractivity contribution < 1.29 is 0 Å². The molecule has 0 heterocycles. The van der Waals surface area contributed by atoms with Gasteiger partial charge in [0.15, 0.2) is 0 Å². The van der Waals surface area contributed by atoms with Crippen LogP contribution in [0, 0.1) is 0 Å². The van der Waals surface area contributed by atoms with Crippen molar-refractivity contribution in [1.29, 1.82) is 0 Å². The van der Waals surface area contributed by atoms with Crippen LogP contribution in [0.25, 0.3) is 10.4 Å². The Balaban J connectivity index is 2.91. The highest BCUT2D eigenvalue weighted by Crippen LogP contribution is 2.12. The van der Waals surface area contributed by atoms with Gasteiger partial charge >= 0.3 is 0 Å². The average molecular weight is 147 g/mol. The lowest BCUT2D eigenvalue weighted by Crippen LogP contribution is -1.75. The van der Waals surface area contributed by atoms with E-state index < -0.39 is 0 Å². The predicted octanol–water partition coefficient (Wildman–Crippen LogP) is 3.19. The molecule has 0 spiro atoms. The lowest BCUT2D eigenvalue weighted by molar-refractivity contribution is 1.14. The molecule has 0 aliphatic rings. The molecule has 0 amide bonds. The summed E-state index contributed by atoms with van der Waals surface area (Å²) in [5, 5.41) is 3.46. The van der Waals surface area contributed by atoms with Crippen molar-refractivity contribution in [2.24, 2.45) is 5.11 Å². The first-order valence-electron chi connectivity index (χ1n) is 3.51. The maximum atomic E-state index is 8.10. The van der Waals surface area contributed by atoms with Gasteiger partial charge in [0.2, 0.25) is 0 Å². The standard InChI is InChI=1S/C8H9N3/c1-2-7-3-5-8(6-4-7)10-11-9/h3-6H,2H2,1H3. The van der Waals surface area contributed by atoms with Crippen LogP contribution in [0.15, 0.2) is 29.4 Å². The molecule has 0 bridgehead atoms. The van der Waals surface area contributed by atoms with Gasteiger partial charge in [0.1, 0.15) is 0 Å². The summed E-state index contributed by atoms with van der Waals surface area (Å²) in [6.07, 6.45) is 1.01. The van der Waals surface area contributed by atoms with Crippen molar-refractivity contribution in [3.8, 4) is 0 Å². The minimum absolute atomic E-state index is 0.671. The van der Waals surface area contributed by atoms with E-state index in [1.807, 2.05) is 24.3 Å². The zero-order valence-electron chi connectivity index (χ0n) is 6.36. The summed E-state index contributed by atoms with van der Waals surface area (Å²) in [5.74, 6) is 0. The van der Waals surface area contributed by atoms with Crippen LogP contribution in [0.3, 0.4) is 0 Å². The number of azide groups is 1. The molecule has 0 aliphatic heterocycles. The minimum Gasteiger partial charge on any atom is -0.0613 e. The van der Waals surface area contributed by atoms with E-state index in [0.29, 0.717) is 5.69 Å². The number of nitrogens with zero attached hydrogens (tertiary/aromatic N) is 3. The van der Waals surface area contributed by atoms with Gasteiger partial charge in [-0.05, 0) is 17.5 Å². The Bertz CT molecular complexity index is 270. The van der Waals surface area contributed by atoms with Crippen LogP contribution >= 0.6 is 0 Å². The molecule has 0 atom stereocenters. The maximum Gasteiger partial charge on any atom is 0.0375 e. The summed E-state index contributed by atoms with van der Waals surface area (Å²) in [7, 11) is 0. The van der Waals surface area contributed by atoms with Crippen LogP contribution < -0.4 is 0 Å². The third kappa shape index (κ3) is 1.99. The Hall–Kier alpha value is -1.47. The van der Waals surface area contributed by atoms with Gasteiger partial charge in [0.05, 0.1) is 0 Å². The SMILES string of the molecule is CCc1ccc(N=[N+]=[N-])cc1. The Morgan fingerprint density at radius 1 is 1.36 bits per heavy atom. The topological polar surface area (TPSA) is 48.8 Å². The molecule has 0 radical (unpaired) electrons. The lowest BCUT2D eigenvalue weighted by atomic mass is 10.2. The second kappa shape index (κ2) is 3.64. The number of hydrogen-bond donors (Lipinski definition) is 0. The zero-order chi connectivity index (χ0) is 8.10. The quantitative estimate of drug-likeness (QED) is 0.350. The van der Waals surface area contributed by atoms with E-state index in [4.69, 9.17) is 5.53 Å². The van der Waals surface area contributed by atoms with Gasteiger partial charge in [-0.1, -0.05) is 36.3 Å². The number of benzene rings is 1. The number of hydrogen-bond acceptors (Lipinski definition) is 1. The van der Waals surface area contributed by atoms with Gasteiger partial charge in [-0.25, -0.2) is 0 Å². The third-order valence-electron chi connectivity index (χ3n) is 1.50. The van der Waals surface area contributed by atoms with E-state index in [0.717, 1.165) is 6.42 Å². The highest BCUT2D eigenvalue weighted by atomic mass is 15.1. The van der Waals surface area contributed by atoms with Gasteiger partial charge < -0.3 is 0 Å². The van der Waals surface area contributed by atoms with Gasteiger partial charge in [-0.15, -0.1) is 0 Å². The van der Waals surface area contributed by atoms with Crippen LogP contribution in [0.4, 0.5) is 5.69 Å². The Morgan fingerprint density at radius 3 is 2.45 bits per heavy atom. The van der Waals surface area contributed by atoms with Gasteiger partial charge in [0, 0.05) is 10.6 Å². The molecule has 3 nitrogen and oxygen atoms in total. The first-order chi connectivity index (χ1) is 5.36. The van der Waals surface area contributed by atoms with E-state index >= 15 is 0 Å². The van der Waals surface area contributed by atoms with Crippen molar-refractivity contribution in [2.45, 2.75) is 13.3 Å². The van der Waals surface area contributed by atoms with E-state index in [1.54, 1.807) is 0 Å². The molecule has 1 rings (SSSR count). The molecule has 0 saturated heterocycles. The summed E-state index contributed by atoms with van der Waals surface area (Å²) in [6, 6.07) is 7.56. The number of rotatable bonds is 2. The molecule has 0 saturated carbocycles. The average Bonchev–Trinajstić information content (AvgIpc) is 2.07. The van der Waals surface area contributed by atoms with Crippen molar-refractivity contribution in [3.63, 3.8) is 0 Å². The molecule has 0 aromatic heterocycles. The summed E-state index contributed by atoms with van der Waals surface area (Å²) in [4.78, 5) is 2.69. The fraction of sp³-hybridized carbons (Fsp3) is 0.250. The van der Waals surface area contributed by atoms with Crippen LogP contribution in [0.5, 0.6) is 0 Å². The highest BCUT2D eigenvalue weighted by Gasteiger charge is 1.88. The normalized spacial score (nSPS) is 8.82. The van der Waals surface area contributed by atoms with Gasteiger partial charge in [-0.2, -0.15) is 0 Å². The molecule has 11 heavy (non-hydrogen) atoms. The molecule has 0 aliphatic carbocycles. The smallest absolute Gasteiger partial charge is 0.0375 e. The second-order valence-corrected chi connectivity index (χ2v) is 2.21. The van der Waals surface area contributed by atoms with Crippen LogP contribution in [-0.2, 0) is 6.42 Å². The van der Waals surface area contributed by atoms with Gasteiger partial charge in [-0.3, -0.25) is 0 Å². The van der Waals surface area contributed by atoms with Gasteiger partial charge in [0.25, 0.3) is 0 Å². The minimum atomic E-state index is 0.671. The Labute approximate surface area is 65.3 Å². The molecule has 56 valence electrons. The third-order valence-corrected chi connectivity index (χ3v) is 1.50. The first-order valence-corrected chi connectivity index (χ1v) is 3.51. The van der Waals surface area contributed by atoms with Crippen LogP contribution in [-0.4, -0.2) is 0 Å². The van der Waals surface area contributed by atoms with Crippen molar-refractivity contribution in [1.82, 2.24) is 0 Å². The molecular weight excluding hydrogens is 138 g/mol. The summed E-state index contributed by atoms with van der Waals surface area (Å²) in [5.41, 5.74) is 10.0. The van der Waals surface area contributed by atoms with Crippen molar-refractivity contribution in [3.05, 3.63) is 40.3 Å². The number of aryl methyl sites for hydroxylation is 1. The monoisotopic (exact) mass is 147 g/mol. The first kappa shape index (κ1) is 7.63. The summed E-state index contributed by atoms with van der Waals surface area (Å²) in [6.45, 7) is 2.09. The maximum absolute atomic E-state index is 8.10. The fourth-order valence-corrected chi connectivity index (χ4v) is 0.850. The van der Waals surface area contributed by atoms with E-state index in [2.05, 4.69) is 16.9 Å². The molecule has 0 fully saturated rings. The molecule has 0 N–H and O–H groups in total. The second-order valence-electron chi connectivity index (χ2n) is 2.21. The van der Waals surface area contributed by atoms with Crippen LogP contribution in [0.2, 0.25) is 0 Å². The summed E-state index contributed by atoms with van der Waals surface area (Å²) >= 11 is 0. The van der Waals surface area contributed by atoms with Crippen molar-refractivity contribution in [2.75, 3.05) is 0 Å². The Kier molecular flexibility index (Phi) is 2.53. The molecular formula is C8H9N3. The fourth-order valence-electron chi connectivity index (χ4n) is 0.850.